The van der Waals surface area contributed by atoms with E-state index < -0.39 is 29.3 Å². The van der Waals surface area contributed by atoms with Gasteiger partial charge in [0.05, 0.1) is 11.9 Å². The number of nitrogens with one attached hydrogen (secondary N) is 1. The van der Waals surface area contributed by atoms with Crippen LogP contribution in [0.25, 0.3) is 0 Å². The van der Waals surface area contributed by atoms with Crippen LogP contribution >= 0.6 is 0 Å². The molecule has 8 heteroatoms. The highest BCUT2D eigenvalue weighted by Crippen LogP contribution is 2.20. The minimum Gasteiger partial charge on any atom is -0.479 e. The van der Waals surface area contributed by atoms with Crippen LogP contribution in [0.15, 0.2) is 36.7 Å². The van der Waals surface area contributed by atoms with Gasteiger partial charge in [0.25, 0.3) is 5.91 Å². The molecule has 0 aliphatic heterocycles. The van der Waals surface area contributed by atoms with Crippen LogP contribution in [0.5, 0.6) is 5.75 Å². The van der Waals surface area contributed by atoms with Crippen LogP contribution in [-0.2, 0) is 15.1 Å². The number of aromatic nitrogens is 2. The summed E-state index contributed by atoms with van der Waals surface area (Å²) in [6.07, 6.45) is 2.20. The highest BCUT2D eigenvalue weighted by molar-refractivity contribution is 5.94. The molecule has 1 atom stereocenters. The predicted octanol–water partition coefficient (Wildman–Crippen LogP) is 2.64. The number of para-hydroxylation sites is 1. The fourth-order valence-electron chi connectivity index (χ4n) is 2.03. The Morgan fingerprint density at radius 2 is 2.08 bits per heavy atom. The number of aliphatic carboxylic acids is 1. The zero-order valence-corrected chi connectivity index (χ0v) is 14.2. The Morgan fingerprint density at radius 3 is 2.68 bits per heavy atom. The van der Waals surface area contributed by atoms with Crippen molar-refractivity contribution in [2.75, 3.05) is 5.32 Å². The van der Waals surface area contributed by atoms with E-state index in [9.17, 15) is 19.1 Å². The Kier molecular flexibility index (Phi) is 5.41. The smallest absolute Gasteiger partial charge is 0.331 e. The number of ether oxygens (including phenoxy) is 1. The number of nitrogens with zero attached hydrogens (tertiary/aromatic N) is 2. The largest absolute Gasteiger partial charge is 0.479 e. The van der Waals surface area contributed by atoms with Crippen LogP contribution in [0.3, 0.4) is 0 Å². The van der Waals surface area contributed by atoms with Gasteiger partial charge in [0.1, 0.15) is 0 Å². The average molecular weight is 349 g/mol. The molecular weight excluding hydrogens is 329 g/mol. The average Bonchev–Trinajstić information content (AvgIpc) is 3.03. The zero-order valence-electron chi connectivity index (χ0n) is 14.2. The standard InChI is InChI=1S/C17H20FN3O4/c1-4-13(25-14-8-6-5-7-12(14)18)15(22)20-11-9-19-21(10-11)17(2,3)16(23)24/h5-10,13H,4H2,1-3H3,(H,20,22)(H,23,24). The third-order valence-corrected chi connectivity index (χ3v) is 3.72. The van der Waals surface area contributed by atoms with E-state index in [-0.39, 0.29) is 5.75 Å². The number of hydrogen-bond donors (Lipinski definition) is 2. The van der Waals surface area contributed by atoms with Crippen molar-refractivity contribution >= 4 is 17.6 Å². The number of hydrogen-bond acceptors (Lipinski definition) is 4. The number of anilines is 1. The third-order valence-electron chi connectivity index (χ3n) is 3.72. The summed E-state index contributed by atoms with van der Waals surface area (Å²) < 4.78 is 20.3. The molecule has 0 bridgehead atoms. The Morgan fingerprint density at radius 1 is 1.40 bits per heavy atom. The molecule has 1 heterocycles. The van der Waals surface area contributed by atoms with Gasteiger partial charge in [-0.25, -0.2) is 9.18 Å². The summed E-state index contributed by atoms with van der Waals surface area (Å²) in [4.78, 5) is 23.6. The molecule has 2 N–H and O–H groups in total. The molecule has 2 aromatic rings. The molecule has 0 spiro atoms. The number of carbonyl (C=O) groups is 2. The second kappa shape index (κ2) is 7.33. The van der Waals surface area contributed by atoms with Gasteiger partial charge in [0.2, 0.25) is 0 Å². The molecule has 0 radical (unpaired) electrons. The van der Waals surface area contributed by atoms with Crippen LogP contribution in [0.4, 0.5) is 10.1 Å². The number of carbonyl (C=O) groups excluding carboxylic acids is 1. The zero-order chi connectivity index (χ0) is 18.6. The molecule has 0 fully saturated rings. The number of carboxylic acid groups (broad SMARTS) is 1. The Balaban J connectivity index is 2.09. The first-order chi connectivity index (χ1) is 11.8. The second-order valence-electron chi connectivity index (χ2n) is 5.97. The number of amides is 1. The lowest BCUT2D eigenvalue weighted by atomic mass is 10.1. The van der Waals surface area contributed by atoms with Crippen molar-refractivity contribution in [1.29, 1.82) is 0 Å². The van der Waals surface area contributed by atoms with Gasteiger partial charge in [-0.3, -0.25) is 9.48 Å². The normalized spacial score (nSPS) is 12.5. The summed E-state index contributed by atoms with van der Waals surface area (Å²) in [5, 5.41) is 15.8. The third kappa shape index (κ3) is 4.14. The molecule has 0 aliphatic rings. The van der Waals surface area contributed by atoms with Crippen molar-refractivity contribution in [1.82, 2.24) is 9.78 Å². The summed E-state index contributed by atoms with van der Waals surface area (Å²) in [6.45, 7) is 4.72. The van der Waals surface area contributed by atoms with E-state index in [0.717, 1.165) is 0 Å². The van der Waals surface area contributed by atoms with Crippen molar-refractivity contribution < 1.29 is 23.8 Å². The lowest BCUT2D eigenvalue weighted by Crippen LogP contribution is -2.36. The van der Waals surface area contributed by atoms with Crippen LogP contribution < -0.4 is 10.1 Å². The molecule has 0 aliphatic carbocycles. The van der Waals surface area contributed by atoms with Crippen LogP contribution in [0.1, 0.15) is 27.2 Å². The SMILES string of the molecule is CCC(Oc1ccccc1F)C(=O)Nc1cnn(C(C)(C)C(=O)O)c1. The summed E-state index contributed by atoms with van der Waals surface area (Å²) >= 11 is 0. The minimum atomic E-state index is -1.25. The van der Waals surface area contributed by atoms with Gasteiger partial charge in [-0.05, 0) is 32.4 Å². The quantitative estimate of drug-likeness (QED) is 0.801. The van der Waals surface area contributed by atoms with Crippen molar-refractivity contribution in [3.8, 4) is 5.75 Å². The van der Waals surface area contributed by atoms with E-state index >= 15 is 0 Å². The number of rotatable bonds is 7. The maximum atomic E-state index is 13.7. The summed E-state index contributed by atoms with van der Waals surface area (Å²) in [6, 6.07) is 5.83. The van der Waals surface area contributed by atoms with E-state index in [0.29, 0.717) is 12.1 Å². The van der Waals surface area contributed by atoms with Gasteiger partial charge in [0.15, 0.2) is 23.2 Å². The van der Waals surface area contributed by atoms with E-state index in [1.54, 1.807) is 13.0 Å². The maximum absolute atomic E-state index is 13.7. The fraction of sp³-hybridized carbons (Fsp3) is 0.353. The van der Waals surface area contributed by atoms with Gasteiger partial charge in [-0.1, -0.05) is 19.1 Å². The molecule has 25 heavy (non-hydrogen) atoms. The van der Waals surface area contributed by atoms with Crippen LogP contribution in [0, 0.1) is 5.82 Å². The lowest BCUT2D eigenvalue weighted by molar-refractivity contribution is -0.146. The Labute approximate surface area is 144 Å². The minimum absolute atomic E-state index is 0.00722. The molecule has 0 saturated heterocycles. The molecule has 1 aromatic carbocycles. The monoisotopic (exact) mass is 349 g/mol. The van der Waals surface area contributed by atoms with E-state index in [4.69, 9.17) is 4.74 Å². The first kappa shape index (κ1) is 18.4. The van der Waals surface area contributed by atoms with Crippen molar-refractivity contribution in [2.45, 2.75) is 38.8 Å². The topological polar surface area (TPSA) is 93.5 Å². The summed E-state index contributed by atoms with van der Waals surface area (Å²) in [7, 11) is 0. The molecule has 7 nitrogen and oxygen atoms in total. The molecule has 1 aromatic heterocycles. The van der Waals surface area contributed by atoms with Gasteiger partial charge in [-0.2, -0.15) is 5.10 Å². The van der Waals surface area contributed by atoms with E-state index in [1.165, 1.54) is 49.1 Å². The Hall–Kier alpha value is -2.90. The number of benzene rings is 1. The van der Waals surface area contributed by atoms with Gasteiger partial charge < -0.3 is 15.2 Å². The van der Waals surface area contributed by atoms with E-state index in [2.05, 4.69) is 10.4 Å². The Bertz CT molecular complexity index is 773. The molecular formula is C17H20FN3O4. The number of carboxylic acids is 1. The van der Waals surface area contributed by atoms with Gasteiger partial charge >= 0.3 is 5.97 Å². The summed E-state index contributed by atoms with van der Waals surface area (Å²) in [5.41, 5.74) is -0.925. The van der Waals surface area contributed by atoms with Crippen molar-refractivity contribution in [2.24, 2.45) is 0 Å². The first-order valence-electron chi connectivity index (χ1n) is 7.76. The molecule has 134 valence electrons. The van der Waals surface area contributed by atoms with Crippen molar-refractivity contribution in [3.05, 3.63) is 42.5 Å². The van der Waals surface area contributed by atoms with Gasteiger partial charge in [-0.15, -0.1) is 0 Å². The fourth-order valence-corrected chi connectivity index (χ4v) is 2.03. The highest BCUT2D eigenvalue weighted by atomic mass is 19.1. The van der Waals surface area contributed by atoms with Gasteiger partial charge in [0, 0.05) is 6.20 Å². The lowest BCUT2D eigenvalue weighted by Gasteiger charge is -2.19. The molecule has 1 unspecified atom stereocenters. The highest BCUT2D eigenvalue weighted by Gasteiger charge is 2.30. The summed E-state index contributed by atoms with van der Waals surface area (Å²) in [5.74, 6) is -2.08. The first-order valence-corrected chi connectivity index (χ1v) is 7.76. The molecule has 2 rings (SSSR count). The predicted molar refractivity (Wildman–Crippen MR) is 88.9 cm³/mol. The van der Waals surface area contributed by atoms with Crippen molar-refractivity contribution in [3.63, 3.8) is 0 Å². The van der Waals surface area contributed by atoms with Crippen LogP contribution in [0.2, 0.25) is 0 Å². The molecule has 0 saturated carbocycles. The van der Waals surface area contributed by atoms with E-state index in [1.807, 2.05) is 0 Å². The second-order valence-corrected chi connectivity index (χ2v) is 5.97. The maximum Gasteiger partial charge on any atom is 0.331 e. The molecule has 1 amide bonds. The number of halogens is 1. The van der Waals surface area contributed by atoms with Crippen LogP contribution in [-0.4, -0.2) is 32.9 Å².